The minimum absolute atomic E-state index is 1.16. The molecule has 0 N–H and O–H groups in total. The lowest BCUT2D eigenvalue weighted by Gasteiger charge is -1.95. The predicted molar refractivity (Wildman–Crippen MR) is 51.2 cm³/mol. The Morgan fingerprint density at radius 3 is 2.36 bits per heavy atom. The van der Waals surface area contributed by atoms with Gasteiger partial charge < -0.3 is 0 Å². The lowest BCUT2D eigenvalue weighted by Crippen LogP contribution is -2.05. The third-order valence-electron chi connectivity index (χ3n) is 1.69. The van der Waals surface area contributed by atoms with Crippen molar-refractivity contribution in [2.45, 2.75) is 40.0 Å². The predicted octanol–water partition coefficient (Wildman–Crippen LogP) is 2.81. The summed E-state index contributed by atoms with van der Waals surface area (Å²) in [5.41, 5.74) is 0. The normalized spacial score (nSPS) is 12.8. The van der Waals surface area contributed by atoms with E-state index < -0.39 is 0 Å². The molecule has 11 heavy (non-hydrogen) atoms. The van der Waals surface area contributed by atoms with E-state index in [9.17, 15) is 0 Å². The van der Waals surface area contributed by atoms with E-state index in [1.54, 1.807) is 0 Å². The maximum atomic E-state index is 2.23. The van der Waals surface area contributed by atoms with E-state index in [1.807, 2.05) is 0 Å². The van der Waals surface area contributed by atoms with E-state index in [0.29, 0.717) is 0 Å². The summed E-state index contributed by atoms with van der Waals surface area (Å²) in [7, 11) is 0. The van der Waals surface area contributed by atoms with Crippen LogP contribution in [-0.4, -0.2) is 17.3 Å². The van der Waals surface area contributed by atoms with Gasteiger partial charge in [0, 0.05) is 13.3 Å². The molecule has 0 spiro atoms. The summed E-state index contributed by atoms with van der Waals surface area (Å²) in [4.78, 5) is 0. The Morgan fingerprint density at radius 1 is 1.18 bits per heavy atom. The molecule has 1 heteroatoms. The molecular formula is C10H20N+. The van der Waals surface area contributed by atoms with Gasteiger partial charge in [-0.25, -0.2) is 4.58 Å². The van der Waals surface area contributed by atoms with Crippen LogP contribution in [0.4, 0.5) is 0 Å². The molecule has 64 valence electrons. The number of allylic oxidation sites excluding steroid dienone is 1. The molecule has 0 aliphatic heterocycles. The summed E-state index contributed by atoms with van der Waals surface area (Å²) in [5, 5.41) is 0. The number of unbranched alkanes of at least 4 members (excludes halogenated alkanes) is 2. The molecule has 0 saturated carbocycles. The Labute approximate surface area is 70.4 Å². The van der Waals surface area contributed by atoms with Crippen molar-refractivity contribution >= 4 is 6.21 Å². The van der Waals surface area contributed by atoms with Crippen molar-refractivity contribution in [2.24, 2.45) is 0 Å². The first-order chi connectivity index (χ1) is 5.35. The van der Waals surface area contributed by atoms with Gasteiger partial charge in [-0.3, -0.25) is 0 Å². The van der Waals surface area contributed by atoms with Gasteiger partial charge in [0.25, 0.3) is 0 Å². The molecule has 0 amide bonds. The monoisotopic (exact) mass is 154 g/mol. The van der Waals surface area contributed by atoms with Crippen molar-refractivity contribution < 1.29 is 4.58 Å². The third-order valence-corrected chi connectivity index (χ3v) is 1.69. The highest BCUT2D eigenvalue weighted by Gasteiger charge is 1.95. The van der Waals surface area contributed by atoms with Crippen molar-refractivity contribution in [3.05, 3.63) is 12.3 Å². The van der Waals surface area contributed by atoms with E-state index in [0.717, 1.165) is 6.54 Å². The molecule has 0 aromatic heterocycles. The van der Waals surface area contributed by atoms with E-state index in [2.05, 4.69) is 43.8 Å². The second-order valence-corrected chi connectivity index (χ2v) is 2.69. The van der Waals surface area contributed by atoms with Gasteiger partial charge in [0.15, 0.2) is 6.20 Å². The Morgan fingerprint density at radius 2 is 1.91 bits per heavy atom. The zero-order valence-electron chi connectivity index (χ0n) is 8.01. The average molecular weight is 154 g/mol. The number of hydrogen-bond acceptors (Lipinski definition) is 0. The van der Waals surface area contributed by atoms with Crippen LogP contribution >= 0.6 is 0 Å². The van der Waals surface area contributed by atoms with Crippen LogP contribution in [0.25, 0.3) is 0 Å². The van der Waals surface area contributed by atoms with E-state index >= 15 is 0 Å². The van der Waals surface area contributed by atoms with Crippen LogP contribution in [0.15, 0.2) is 12.3 Å². The van der Waals surface area contributed by atoms with Gasteiger partial charge in [0.05, 0.1) is 0 Å². The van der Waals surface area contributed by atoms with Gasteiger partial charge in [0.2, 0.25) is 0 Å². The molecule has 1 nitrogen and oxygen atoms in total. The van der Waals surface area contributed by atoms with E-state index in [-0.39, 0.29) is 0 Å². The van der Waals surface area contributed by atoms with Crippen LogP contribution in [0.1, 0.15) is 40.0 Å². The highest BCUT2D eigenvalue weighted by molar-refractivity contribution is 5.47. The molecule has 0 radical (unpaired) electrons. The second kappa shape index (κ2) is 7.52. The minimum Gasteiger partial charge on any atom is -0.210 e. The van der Waals surface area contributed by atoms with Crippen LogP contribution in [-0.2, 0) is 0 Å². The van der Waals surface area contributed by atoms with Crippen LogP contribution in [0.2, 0.25) is 0 Å². The Bertz CT molecular complexity index is 134. The van der Waals surface area contributed by atoms with Crippen molar-refractivity contribution in [2.75, 3.05) is 6.54 Å². The number of hydrogen-bond donors (Lipinski definition) is 0. The molecule has 0 saturated heterocycles. The number of rotatable bonds is 5. The zero-order valence-corrected chi connectivity index (χ0v) is 8.01. The summed E-state index contributed by atoms with van der Waals surface area (Å²) < 4.78 is 2.23. The summed E-state index contributed by atoms with van der Waals surface area (Å²) in [5.74, 6) is 0. The van der Waals surface area contributed by atoms with E-state index in [4.69, 9.17) is 0 Å². The molecule has 0 aliphatic rings. The smallest absolute Gasteiger partial charge is 0.164 e. The van der Waals surface area contributed by atoms with Crippen LogP contribution in [0.3, 0.4) is 0 Å². The van der Waals surface area contributed by atoms with Crippen LogP contribution in [0, 0.1) is 0 Å². The first-order valence-corrected chi connectivity index (χ1v) is 4.53. The zero-order chi connectivity index (χ0) is 8.53. The van der Waals surface area contributed by atoms with Gasteiger partial charge >= 0.3 is 0 Å². The van der Waals surface area contributed by atoms with Crippen molar-refractivity contribution in [3.8, 4) is 0 Å². The third kappa shape index (κ3) is 5.84. The summed E-state index contributed by atoms with van der Waals surface area (Å²) >= 11 is 0. The molecule has 0 aliphatic carbocycles. The fourth-order valence-corrected chi connectivity index (χ4v) is 1.03. The molecule has 0 aromatic carbocycles. The summed E-state index contributed by atoms with van der Waals surface area (Å²) in [6, 6.07) is 0. The Hall–Kier alpha value is -0.590. The highest BCUT2D eigenvalue weighted by atomic mass is 15.0. The van der Waals surface area contributed by atoms with Gasteiger partial charge in [-0.1, -0.05) is 13.3 Å². The minimum atomic E-state index is 1.16. The molecule has 0 bridgehead atoms. The van der Waals surface area contributed by atoms with E-state index in [1.165, 1.54) is 19.3 Å². The first-order valence-electron chi connectivity index (χ1n) is 4.53. The largest absolute Gasteiger partial charge is 0.210 e. The number of nitrogens with zero attached hydrogens (tertiary/aromatic N) is 1. The van der Waals surface area contributed by atoms with Gasteiger partial charge in [-0.2, -0.15) is 0 Å². The molecular weight excluding hydrogens is 134 g/mol. The fourth-order valence-electron chi connectivity index (χ4n) is 1.03. The van der Waals surface area contributed by atoms with Crippen molar-refractivity contribution in [1.29, 1.82) is 0 Å². The lowest BCUT2D eigenvalue weighted by molar-refractivity contribution is -0.453. The van der Waals surface area contributed by atoms with Crippen molar-refractivity contribution in [3.63, 3.8) is 0 Å². The van der Waals surface area contributed by atoms with Gasteiger partial charge in [0.1, 0.15) is 12.8 Å². The fraction of sp³-hybridized carbons (Fsp3) is 0.700. The maximum absolute atomic E-state index is 2.23. The topological polar surface area (TPSA) is 3.01 Å². The second-order valence-electron chi connectivity index (χ2n) is 2.69. The Balaban J connectivity index is 3.54. The molecule has 0 unspecified atom stereocenters. The van der Waals surface area contributed by atoms with Crippen molar-refractivity contribution in [1.82, 2.24) is 0 Å². The summed E-state index contributed by atoms with van der Waals surface area (Å²) in [6.45, 7) is 7.52. The summed E-state index contributed by atoms with van der Waals surface area (Å²) in [6.07, 6.45) is 10.2. The molecule has 0 fully saturated rings. The standard InChI is InChI=1S/C10H20N/c1-4-7-8-10-11(6-3)9-5-2/h5-6,9H,4,7-8,10H2,1-3H3/q+1/b9-5-,11-6?. The first kappa shape index (κ1) is 10.4. The van der Waals surface area contributed by atoms with Crippen LogP contribution < -0.4 is 0 Å². The maximum Gasteiger partial charge on any atom is 0.164 e. The Kier molecular flexibility index (Phi) is 7.11. The van der Waals surface area contributed by atoms with Gasteiger partial charge in [-0.05, 0) is 19.4 Å². The average Bonchev–Trinajstić information content (AvgIpc) is 2.03. The molecule has 0 rings (SSSR count). The van der Waals surface area contributed by atoms with Gasteiger partial charge in [-0.15, -0.1) is 0 Å². The highest BCUT2D eigenvalue weighted by Crippen LogP contribution is 1.94. The molecule has 0 aromatic rings. The molecule has 0 atom stereocenters. The molecule has 0 heterocycles. The quantitative estimate of drug-likeness (QED) is 0.325. The van der Waals surface area contributed by atoms with Crippen LogP contribution in [0.5, 0.6) is 0 Å². The SMILES string of the molecule is CC=[N+](/C=C\C)CCCCC. The lowest BCUT2D eigenvalue weighted by atomic mass is 10.2.